The highest BCUT2D eigenvalue weighted by molar-refractivity contribution is 6.04. The van der Waals surface area contributed by atoms with E-state index >= 15 is 0 Å². The number of aromatic nitrogens is 4. The van der Waals surface area contributed by atoms with E-state index in [0.29, 0.717) is 16.6 Å². The molecule has 7 nitrogen and oxygen atoms in total. The van der Waals surface area contributed by atoms with Gasteiger partial charge < -0.3 is 9.88 Å². The summed E-state index contributed by atoms with van der Waals surface area (Å²) in [6, 6.07) is 12.0. The highest BCUT2D eigenvalue weighted by atomic mass is 19.1. The largest absolute Gasteiger partial charge is 0.336 e. The zero-order valence-electron chi connectivity index (χ0n) is 14.9. The Bertz CT molecular complexity index is 1230. The van der Waals surface area contributed by atoms with Crippen LogP contribution in [0, 0.1) is 5.82 Å². The molecule has 0 aliphatic heterocycles. The molecule has 0 unspecified atom stereocenters. The topological polar surface area (TPSA) is 92.7 Å². The molecular formula is C20H16FN5O2. The van der Waals surface area contributed by atoms with Crippen LogP contribution in [0.15, 0.2) is 65.7 Å². The number of nitrogens with zero attached hydrogens (tertiary/aromatic N) is 3. The van der Waals surface area contributed by atoms with Crippen LogP contribution in [0.2, 0.25) is 0 Å². The lowest BCUT2D eigenvalue weighted by Gasteiger charge is -2.19. The van der Waals surface area contributed by atoms with Crippen molar-refractivity contribution in [1.82, 2.24) is 25.1 Å². The molecular weight excluding hydrogens is 361 g/mol. The number of aromatic amines is 1. The Kier molecular flexibility index (Phi) is 4.44. The lowest BCUT2D eigenvalue weighted by Crippen LogP contribution is -2.33. The van der Waals surface area contributed by atoms with Crippen molar-refractivity contribution in [2.24, 2.45) is 7.05 Å². The van der Waals surface area contributed by atoms with Crippen LogP contribution in [0.3, 0.4) is 0 Å². The number of carbonyl (C=O) groups excluding carboxylic acids is 1. The Hall–Kier alpha value is -3.81. The number of rotatable bonds is 4. The van der Waals surface area contributed by atoms with Crippen molar-refractivity contribution in [3.8, 4) is 0 Å². The Labute approximate surface area is 158 Å². The first kappa shape index (κ1) is 17.6. The van der Waals surface area contributed by atoms with Gasteiger partial charge in [-0.2, -0.15) is 5.10 Å². The first-order chi connectivity index (χ1) is 13.6. The molecule has 4 rings (SSSR count). The Balaban J connectivity index is 1.79. The minimum Gasteiger partial charge on any atom is -0.336 e. The quantitative estimate of drug-likeness (QED) is 0.571. The number of nitrogens with one attached hydrogen (secondary N) is 2. The predicted molar refractivity (Wildman–Crippen MR) is 101 cm³/mol. The van der Waals surface area contributed by atoms with E-state index in [0.717, 1.165) is 0 Å². The number of carbonyl (C=O) groups is 1. The van der Waals surface area contributed by atoms with Gasteiger partial charge in [0.1, 0.15) is 17.7 Å². The Morgan fingerprint density at radius 3 is 2.57 bits per heavy atom. The van der Waals surface area contributed by atoms with E-state index in [1.54, 1.807) is 66.5 Å². The third-order valence-corrected chi connectivity index (χ3v) is 4.52. The highest BCUT2D eigenvalue weighted by Gasteiger charge is 2.25. The fraction of sp³-hybridized carbons (Fsp3) is 0.100. The van der Waals surface area contributed by atoms with E-state index < -0.39 is 17.8 Å². The van der Waals surface area contributed by atoms with E-state index in [9.17, 15) is 14.0 Å². The zero-order valence-corrected chi connectivity index (χ0v) is 14.9. The molecule has 0 bridgehead atoms. The number of amides is 1. The third kappa shape index (κ3) is 3.05. The molecule has 140 valence electrons. The van der Waals surface area contributed by atoms with Crippen molar-refractivity contribution in [2.45, 2.75) is 6.04 Å². The Morgan fingerprint density at radius 2 is 1.86 bits per heavy atom. The minimum absolute atomic E-state index is 0.0470. The molecule has 0 saturated carbocycles. The number of benzene rings is 2. The fourth-order valence-corrected chi connectivity index (χ4v) is 3.13. The number of fused-ring (bicyclic) bond motifs is 1. The molecule has 2 heterocycles. The van der Waals surface area contributed by atoms with Crippen molar-refractivity contribution in [1.29, 1.82) is 0 Å². The summed E-state index contributed by atoms with van der Waals surface area (Å²) in [5.74, 6) is -0.550. The van der Waals surface area contributed by atoms with Gasteiger partial charge in [-0.15, -0.1) is 0 Å². The predicted octanol–water partition coefficient (Wildman–Crippen LogP) is 2.32. The first-order valence-electron chi connectivity index (χ1n) is 8.56. The van der Waals surface area contributed by atoms with E-state index in [1.807, 2.05) is 0 Å². The average molecular weight is 377 g/mol. The number of halogens is 1. The van der Waals surface area contributed by atoms with Gasteiger partial charge in [0.2, 0.25) is 0 Å². The zero-order chi connectivity index (χ0) is 19.7. The van der Waals surface area contributed by atoms with Gasteiger partial charge in [-0.25, -0.2) is 14.5 Å². The summed E-state index contributed by atoms with van der Waals surface area (Å²) >= 11 is 0. The maximum atomic E-state index is 14.5. The lowest BCUT2D eigenvalue weighted by molar-refractivity contribution is 0.0936. The van der Waals surface area contributed by atoms with Crippen molar-refractivity contribution in [2.75, 3.05) is 0 Å². The second-order valence-corrected chi connectivity index (χ2v) is 6.27. The van der Waals surface area contributed by atoms with Crippen LogP contribution >= 0.6 is 0 Å². The van der Waals surface area contributed by atoms with E-state index in [-0.39, 0.29) is 16.8 Å². The van der Waals surface area contributed by atoms with Crippen LogP contribution in [0.25, 0.3) is 10.8 Å². The summed E-state index contributed by atoms with van der Waals surface area (Å²) in [4.78, 5) is 29.2. The van der Waals surface area contributed by atoms with Crippen LogP contribution < -0.4 is 10.9 Å². The number of hydrogen-bond donors (Lipinski definition) is 2. The van der Waals surface area contributed by atoms with Gasteiger partial charge >= 0.3 is 0 Å². The molecule has 8 heteroatoms. The van der Waals surface area contributed by atoms with E-state index in [4.69, 9.17) is 0 Å². The highest BCUT2D eigenvalue weighted by Crippen LogP contribution is 2.24. The molecule has 0 fully saturated rings. The van der Waals surface area contributed by atoms with Gasteiger partial charge in [-0.05, 0) is 12.1 Å². The molecule has 0 spiro atoms. The summed E-state index contributed by atoms with van der Waals surface area (Å²) < 4.78 is 16.2. The van der Waals surface area contributed by atoms with Crippen LogP contribution in [0.4, 0.5) is 4.39 Å². The first-order valence-corrected chi connectivity index (χ1v) is 8.56. The Morgan fingerprint density at radius 1 is 1.14 bits per heavy atom. The standard InChI is InChI=1S/C20H16FN5O2/c1-26-11-10-22-18(26)16(14-8-4-5-9-15(14)21)23-20(28)17-12-6-2-3-7-13(12)19(27)25-24-17/h2-11,16H,1H3,(H,23,28)(H,25,27)/t16-/m1/s1. The molecule has 0 aliphatic rings. The molecule has 2 aromatic carbocycles. The minimum atomic E-state index is -0.832. The summed E-state index contributed by atoms with van der Waals surface area (Å²) in [6.07, 6.45) is 3.28. The van der Waals surface area contributed by atoms with E-state index in [1.165, 1.54) is 6.07 Å². The van der Waals surface area contributed by atoms with Gasteiger partial charge in [0.15, 0.2) is 5.69 Å². The molecule has 2 aromatic heterocycles. The smallest absolute Gasteiger partial charge is 0.273 e. The molecule has 0 radical (unpaired) electrons. The summed E-state index contributed by atoms with van der Waals surface area (Å²) in [5.41, 5.74) is -0.0634. The maximum Gasteiger partial charge on any atom is 0.273 e. The number of aryl methyl sites for hydroxylation is 1. The van der Waals surface area contributed by atoms with Crippen molar-refractivity contribution in [3.63, 3.8) is 0 Å². The van der Waals surface area contributed by atoms with Gasteiger partial charge in [0, 0.05) is 30.4 Å². The number of hydrogen-bond acceptors (Lipinski definition) is 4. The summed E-state index contributed by atoms with van der Waals surface area (Å²) in [5, 5.41) is 9.80. The van der Waals surface area contributed by atoms with Gasteiger partial charge in [-0.3, -0.25) is 9.59 Å². The number of H-pyrrole nitrogens is 1. The molecule has 0 aliphatic carbocycles. The third-order valence-electron chi connectivity index (χ3n) is 4.52. The SMILES string of the molecule is Cn1ccnc1[C@H](NC(=O)c1n[nH]c(=O)c2ccccc12)c1ccccc1F. The van der Waals surface area contributed by atoms with Crippen LogP contribution in [0.5, 0.6) is 0 Å². The molecule has 28 heavy (non-hydrogen) atoms. The molecule has 1 amide bonds. The second kappa shape index (κ2) is 7.07. The number of imidazole rings is 1. The summed E-state index contributed by atoms with van der Waals surface area (Å²) in [7, 11) is 1.76. The van der Waals surface area contributed by atoms with Gasteiger partial charge in [0.25, 0.3) is 11.5 Å². The van der Waals surface area contributed by atoms with Crippen molar-refractivity contribution >= 4 is 16.7 Å². The van der Waals surface area contributed by atoms with Crippen LogP contribution in [0.1, 0.15) is 27.9 Å². The monoisotopic (exact) mass is 377 g/mol. The van der Waals surface area contributed by atoms with Crippen LogP contribution in [-0.4, -0.2) is 25.7 Å². The fourth-order valence-electron chi connectivity index (χ4n) is 3.13. The van der Waals surface area contributed by atoms with Crippen molar-refractivity contribution in [3.05, 3.63) is 94.2 Å². The molecule has 0 saturated heterocycles. The summed E-state index contributed by atoms with van der Waals surface area (Å²) in [6.45, 7) is 0. The van der Waals surface area contributed by atoms with Crippen molar-refractivity contribution < 1.29 is 9.18 Å². The van der Waals surface area contributed by atoms with Gasteiger partial charge in [0.05, 0.1) is 5.39 Å². The second-order valence-electron chi connectivity index (χ2n) is 6.27. The molecule has 1 atom stereocenters. The van der Waals surface area contributed by atoms with Gasteiger partial charge in [-0.1, -0.05) is 36.4 Å². The molecule has 4 aromatic rings. The average Bonchev–Trinajstić information content (AvgIpc) is 3.13. The van der Waals surface area contributed by atoms with Crippen LogP contribution in [-0.2, 0) is 7.05 Å². The lowest BCUT2D eigenvalue weighted by atomic mass is 10.0. The maximum absolute atomic E-state index is 14.5. The normalized spacial score (nSPS) is 12.1. The van der Waals surface area contributed by atoms with E-state index in [2.05, 4.69) is 20.5 Å². The molecule has 2 N–H and O–H groups in total.